The molecule has 0 aliphatic carbocycles. The molecule has 15 heavy (non-hydrogen) atoms. The van der Waals surface area contributed by atoms with E-state index in [9.17, 15) is 0 Å². The molecule has 0 saturated heterocycles. The Hall–Kier alpha value is -0.150. The van der Waals surface area contributed by atoms with Crippen molar-refractivity contribution in [2.45, 2.75) is 46.0 Å². The Balaban J connectivity index is 3.69. The fourth-order valence-corrected chi connectivity index (χ4v) is 1.84. The van der Waals surface area contributed by atoms with Gasteiger partial charge in [0.2, 0.25) is 0 Å². The lowest BCUT2D eigenvalue weighted by atomic mass is 9.99. The molecule has 1 unspecified atom stereocenters. The summed E-state index contributed by atoms with van der Waals surface area (Å²) in [6, 6.07) is 0. The smallest absolute Gasteiger partial charge is 0.0740 e. The average Bonchev–Trinajstić information content (AvgIpc) is 2.21. The third-order valence-electron chi connectivity index (χ3n) is 2.85. The standard InChI is InChI=1S/C12H26N2S/c1-4-6-7-11(5-2)10-14(3)9-8-12(13)15/h11H,4-10H2,1-3H3,(H2,13,15). The van der Waals surface area contributed by atoms with Crippen molar-refractivity contribution in [3.63, 3.8) is 0 Å². The molecule has 0 aliphatic heterocycles. The number of nitrogens with two attached hydrogens (primary N) is 1. The maximum atomic E-state index is 5.49. The summed E-state index contributed by atoms with van der Waals surface area (Å²) in [5.74, 6) is 0.835. The second-order valence-electron chi connectivity index (χ2n) is 4.40. The highest BCUT2D eigenvalue weighted by molar-refractivity contribution is 7.80. The molecule has 0 aliphatic rings. The van der Waals surface area contributed by atoms with Gasteiger partial charge in [-0.2, -0.15) is 0 Å². The van der Waals surface area contributed by atoms with E-state index in [1.807, 2.05) is 0 Å². The van der Waals surface area contributed by atoms with Crippen LogP contribution in [0.25, 0.3) is 0 Å². The van der Waals surface area contributed by atoms with Crippen LogP contribution < -0.4 is 5.73 Å². The SMILES string of the molecule is CCCCC(CC)CN(C)CCC(N)=S. The Kier molecular flexibility index (Phi) is 9.01. The molecule has 3 heteroatoms. The molecule has 2 N–H and O–H groups in total. The van der Waals surface area contributed by atoms with E-state index in [0.717, 1.165) is 18.9 Å². The molecule has 0 spiro atoms. The number of unbranched alkanes of at least 4 members (excludes halogenated alkanes) is 1. The van der Waals surface area contributed by atoms with Crippen LogP contribution in [-0.4, -0.2) is 30.0 Å². The summed E-state index contributed by atoms with van der Waals surface area (Å²) in [7, 11) is 2.16. The van der Waals surface area contributed by atoms with Gasteiger partial charge in [0, 0.05) is 19.5 Å². The first-order valence-electron chi connectivity index (χ1n) is 6.06. The summed E-state index contributed by atoms with van der Waals surface area (Å²) in [4.78, 5) is 2.98. The highest BCUT2D eigenvalue weighted by atomic mass is 32.1. The van der Waals surface area contributed by atoms with Crippen molar-refractivity contribution in [3.8, 4) is 0 Å². The van der Waals surface area contributed by atoms with Crippen molar-refractivity contribution in [1.82, 2.24) is 4.90 Å². The number of nitrogens with zero attached hydrogens (tertiary/aromatic N) is 1. The fraction of sp³-hybridized carbons (Fsp3) is 0.917. The van der Waals surface area contributed by atoms with Crippen molar-refractivity contribution in [2.75, 3.05) is 20.1 Å². The van der Waals surface area contributed by atoms with E-state index in [1.165, 1.54) is 32.2 Å². The quantitative estimate of drug-likeness (QED) is 0.618. The van der Waals surface area contributed by atoms with Crippen LogP contribution in [-0.2, 0) is 0 Å². The predicted molar refractivity (Wildman–Crippen MR) is 72.2 cm³/mol. The van der Waals surface area contributed by atoms with Crippen LogP contribution in [0.2, 0.25) is 0 Å². The van der Waals surface area contributed by atoms with Crippen LogP contribution in [0.1, 0.15) is 46.0 Å². The van der Waals surface area contributed by atoms with Crippen molar-refractivity contribution in [3.05, 3.63) is 0 Å². The first kappa shape index (κ1) is 14.8. The molecule has 0 amide bonds. The molecule has 0 radical (unpaired) electrons. The van der Waals surface area contributed by atoms with Crippen LogP contribution in [0, 0.1) is 5.92 Å². The molecule has 0 aromatic rings. The second-order valence-corrected chi connectivity index (χ2v) is 4.92. The van der Waals surface area contributed by atoms with Gasteiger partial charge >= 0.3 is 0 Å². The lowest BCUT2D eigenvalue weighted by Crippen LogP contribution is -2.28. The predicted octanol–water partition coefficient (Wildman–Crippen LogP) is 2.81. The largest absolute Gasteiger partial charge is 0.393 e. The van der Waals surface area contributed by atoms with Gasteiger partial charge in [-0.05, 0) is 19.4 Å². The van der Waals surface area contributed by atoms with E-state index in [2.05, 4.69) is 25.8 Å². The highest BCUT2D eigenvalue weighted by Crippen LogP contribution is 2.13. The summed E-state index contributed by atoms with van der Waals surface area (Å²) < 4.78 is 0. The van der Waals surface area contributed by atoms with E-state index < -0.39 is 0 Å². The third kappa shape index (κ3) is 8.82. The van der Waals surface area contributed by atoms with E-state index in [0.29, 0.717) is 4.99 Å². The number of hydrogen-bond donors (Lipinski definition) is 1. The molecule has 0 fully saturated rings. The van der Waals surface area contributed by atoms with E-state index >= 15 is 0 Å². The lowest BCUT2D eigenvalue weighted by molar-refractivity contribution is 0.265. The molecule has 0 aromatic carbocycles. The molecule has 0 bridgehead atoms. The second kappa shape index (κ2) is 9.10. The zero-order valence-electron chi connectivity index (χ0n) is 10.5. The van der Waals surface area contributed by atoms with Gasteiger partial charge in [-0.25, -0.2) is 0 Å². The molecule has 0 heterocycles. The monoisotopic (exact) mass is 230 g/mol. The van der Waals surface area contributed by atoms with E-state index in [4.69, 9.17) is 18.0 Å². The van der Waals surface area contributed by atoms with E-state index in [1.54, 1.807) is 0 Å². The molecular formula is C12H26N2S. The van der Waals surface area contributed by atoms with Gasteiger partial charge in [-0.3, -0.25) is 0 Å². The van der Waals surface area contributed by atoms with Crippen LogP contribution in [0.4, 0.5) is 0 Å². The fourth-order valence-electron chi connectivity index (χ4n) is 1.75. The maximum Gasteiger partial charge on any atom is 0.0740 e. The number of thiocarbonyl (C=S) groups is 1. The van der Waals surface area contributed by atoms with Gasteiger partial charge in [-0.1, -0.05) is 45.3 Å². The minimum atomic E-state index is 0.628. The van der Waals surface area contributed by atoms with Crippen LogP contribution in [0.3, 0.4) is 0 Å². The average molecular weight is 230 g/mol. The van der Waals surface area contributed by atoms with Gasteiger partial charge in [0.15, 0.2) is 0 Å². The van der Waals surface area contributed by atoms with Crippen LogP contribution in [0.5, 0.6) is 0 Å². The van der Waals surface area contributed by atoms with E-state index in [-0.39, 0.29) is 0 Å². The topological polar surface area (TPSA) is 29.3 Å². The molecule has 0 saturated carbocycles. The highest BCUT2D eigenvalue weighted by Gasteiger charge is 2.09. The number of rotatable bonds is 9. The minimum absolute atomic E-state index is 0.628. The summed E-state index contributed by atoms with van der Waals surface area (Å²) >= 11 is 4.88. The summed E-state index contributed by atoms with van der Waals surface area (Å²) in [5, 5.41) is 0. The van der Waals surface area contributed by atoms with Gasteiger partial charge in [0.05, 0.1) is 4.99 Å². The Labute approximate surface area is 100 Å². The summed E-state index contributed by atoms with van der Waals surface area (Å²) in [6.45, 7) is 6.71. The van der Waals surface area contributed by atoms with Gasteiger partial charge < -0.3 is 10.6 Å². The maximum absolute atomic E-state index is 5.49. The molecule has 2 nitrogen and oxygen atoms in total. The van der Waals surface area contributed by atoms with Crippen LogP contribution in [0.15, 0.2) is 0 Å². The molecule has 0 rings (SSSR count). The Morgan fingerprint density at radius 3 is 2.53 bits per heavy atom. The Morgan fingerprint density at radius 2 is 2.07 bits per heavy atom. The first-order chi connectivity index (χ1) is 7.10. The molecule has 0 aromatic heterocycles. The minimum Gasteiger partial charge on any atom is -0.393 e. The van der Waals surface area contributed by atoms with Gasteiger partial charge in [-0.15, -0.1) is 0 Å². The number of hydrogen-bond acceptors (Lipinski definition) is 2. The molecule has 90 valence electrons. The van der Waals surface area contributed by atoms with Crippen LogP contribution >= 0.6 is 12.2 Å². The normalized spacial score (nSPS) is 13.1. The van der Waals surface area contributed by atoms with Gasteiger partial charge in [0.25, 0.3) is 0 Å². The first-order valence-corrected chi connectivity index (χ1v) is 6.47. The summed E-state index contributed by atoms with van der Waals surface area (Å²) in [5.41, 5.74) is 5.49. The molecule has 1 atom stereocenters. The Bertz CT molecular complexity index is 171. The third-order valence-corrected chi connectivity index (χ3v) is 3.06. The Morgan fingerprint density at radius 1 is 1.40 bits per heavy atom. The summed E-state index contributed by atoms with van der Waals surface area (Å²) in [6.07, 6.45) is 6.12. The van der Waals surface area contributed by atoms with Crippen molar-refractivity contribution < 1.29 is 0 Å². The molecular weight excluding hydrogens is 204 g/mol. The lowest BCUT2D eigenvalue weighted by Gasteiger charge is -2.22. The zero-order chi connectivity index (χ0) is 11.7. The van der Waals surface area contributed by atoms with Crippen molar-refractivity contribution in [1.29, 1.82) is 0 Å². The van der Waals surface area contributed by atoms with Gasteiger partial charge in [0.1, 0.15) is 0 Å². The van der Waals surface area contributed by atoms with Crippen molar-refractivity contribution in [2.24, 2.45) is 11.7 Å². The zero-order valence-corrected chi connectivity index (χ0v) is 11.3. The van der Waals surface area contributed by atoms with Crippen molar-refractivity contribution >= 4 is 17.2 Å².